The Balaban J connectivity index is 1.24. The molecule has 3 aliphatic heterocycles. The van der Waals surface area contributed by atoms with Crippen molar-refractivity contribution in [2.75, 3.05) is 18.0 Å². The number of halogens is 2. The first-order valence-corrected chi connectivity index (χ1v) is 10.4. The summed E-state index contributed by atoms with van der Waals surface area (Å²) >= 11 is 0. The molecular formula is C21H20F2N6O2. The van der Waals surface area contributed by atoms with Gasteiger partial charge in [0, 0.05) is 38.1 Å². The van der Waals surface area contributed by atoms with Crippen molar-refractivity contribution in [2.24, 2.45) is 0 Å². The predicted molar refractivity (Wildman–Crippen MR) is 105 cm³/mol. The van der Waals surface area contributed by atoms with E-state index in [0.717, 1.165) is 6.07 Å². The molecule has 160 valence electrons. The van der Waals surface area contributed by atoms with Crippen molar-refractivity contribution in [3.05, 3.63) is 54.0 Å². The lowest BCUT2D eigenvalue weighted by atomic mass is 9.89. The third-order valence-electron chi connectivity index (χ3n) is 6.62. The van der Waals surface area contributed by atoms with Gasteiger partial charge >= 0.3 is 0 Å². The van der Waals surface area contributed by atoms with Crippen molar-refractivity contribution in [2.45, 2.75) is 43.6 Å². The van der Waals surface area contributed by atoms with Crippen LogP contribution in [0.25, 0.3) is 5.65 Å². The second-order valence-electron chi connectivity index (χ2n) is 8.34. The fraction of sp³-hybridized carbons (Fsp3) is 0.429. The lowest BCUT2D eigenvalue weighted by Crippen LogP contribution is -2.51. The average molecular weight is 426 g/mol. The third kappa shape index (κ3) is 2.81. The van der Waals surface area contributed by atoms with Crippen LogP contribution in [-0.2, 0) is 9.53 Å². The summed E-state index contributed by atoms with van der Waals surface area (Å²) in [4.78, 5) is 25.8. The van der Waals surface area contributed by atoms with Crippen LogP contribution in [0.2, 0.25) is 0 Å². The number of rotatable bonds is 2. The molecule has 5 heterocycles. The van der Waals surface area contributed by atoms with Crippen LogP contribution in [0.1, 0.15) is 37.3 Å². The van der Waals surface area contributed by atoms with Crippen molar-refractivity contribution in [3.8, 4) is 0 Å². The number of amides is 1. The van der Waals surface area contributed by atoms with E-state index in [1.165, 1.54) is 18.5 Å². The Morgan fingerprint density at radius 3 is 2.61 bits per heavy atom. The number of hydrogen-bond donors (Lipinski definition) is 0. The summed E-state index contributed by atoms with van der Waals surface area (Å²) in [6.07, 6.45) is 5.12. The molecule has 1 aromatic carbocycles. The number of benzene rings is 1. The maximum atomic E-state index is 13.8. The van der Waals surface area contributed by atoms with E-state index in [4.69, 9.17) is 4.74 Å². The molecule has 3 saturated heterocycles. The highest BCUT2D eigenvalue weighted by molar-refractivity contribution is 5.88. The fourth-order valence-electron chi connectivity index (χ4n) is 5.17. The minimum atomic E-state index is -0.901. The van der Waals surface area contributed by atoms with Crippen molar-refractivity contribution in [1.29, 1.82) is 0 Å². The molecular weight excluding hydrogens is 406 g/mol. The molecule has 1 amide bonds. The van der Waals surface area contributed by atoms with E-state index in [-0.39, 0.29) is 18.2 Å². The number of nitrogens with zero attached hydrogens (tertiary/aromatic N) is 6. The zero-order valence-corrected chi connectivity index (χ0v) is 16.6. The van der Waals surface area contributed by atoms with Crippen LogP contribution in [0.4, 0.5) is 14.7 Å². The van der Waals surface area contributed by atoms with E-state index >= 15 is 0 Å². The minimum absolute atomic E-state index is 0.0868. The molecule has 3 fully saturated rings. The van der Waals surface area contributed by atoms with Crippen LogP contribution in [-0.4, -0.2) is 55.3 Å². The second kappa shape index (κ2) is 6.68. The highest BCUT2D eigenvalue weighted by Crippen LogP contribution is 2.48. The number of piperidine rings is 1. The molecule has 2 atom stereocenters. The summed E-state index contributed by atoms with van der Waals surface area (Å²) < 4.78 is 35.5. The molecule has 0 N–H and O–H groups in total. The van der Waals surface area contributed by atoms with Crippen molar-refractivity contribution in [1.82, 2.24) is 24.5 Å². The third-order valence-corrected chi connectivity index (χ3v) is 6.62. The Morgan fingerprint density at radius 2 is 1.84 bits per heavy atom. The Morgan fingerprint density at radius 1 is 1.06 bits per heavy atom. The van der Waals surface area contributed by atoms with E-state index in [1.807, 2.05) is 6.07 Å². The van der Waals surface area contributed by atoms with E-state index in [1.54, 1.807) is 15.6 Å². The summed E-state index contributed by atoms with van der Waals surface area (Å²) in [7, 11) is 0. The van der Waals surface area contributed by atoms with Crippen LogP contribution < -0.4 is 4.90 Å². The number of fused-ring (bicyclic) bond motifs is 2. The predicted octanol–water partition coefficient (Wildman–Crippen LogP) is 2.46. The van der Waals surface area contributed by atoms with E-state index in [0.29, 0.717) is 55.9 Å². The van der Waals surface area contributed by atoms with Gasteiger partial charge in [-0.15, -0.1) is 0 Å². The Kier molecular flexibility index (Phi) is 4.01. The van der Waals surface area contributed by atoms with Crippen molar-refractivity contribution < 1.29 is 18.3 Å². The smallest absolute Gasteiger partial charge is 0.257 e. The van der Waals surface area contributed by atoms with Crippen molar-refractivity contribution >= 4 is 17.5 Å². The van der Waals surface area contributed by atoms with Gasteiger partial charge < -0.3 is 14.5 Å². The first-order valence-electron chi connectivity index (χ1n) is 10.4. The molecule has 3 aromatic rings. The lowest BCUT2D eigenvalue weighted by molar-refractivity contribution is -0.140. The Labute approximate surface area is 176 Å². The number of carbonyl (C=O) groups is 1. The normalized spacial score (nSPS) is 25.0. The van der Waals surface area contributed by atoms with Crippen LogP contribution in [0.5, 0.6) is 0 Å². The average Bonchev–Trinajstić information content (AvgIpc) is 3.45. The van der Waals surface area contributed by atoms with Crippen LogP contribution >= 0.6 is 0 Å². The van der Waals surface area contributed by atoms with Gasteiger partial charge in [0.15, 0.2) is 11.2 Å². The fourth-order valence-corrected chi connectivity index (χ4v) is 5.17. The van der Waals surface area contributed by atoms with Crippen LogP contribution in [0.3, 0.4) is 0 Å². The van der Waals surface area contributed by atoms with Gasteiger partial charge in [-0.1, -0.05) is 0 Å². The van der Waals surface area contributed by atoms with Gasteiger partial charge in [-0.05, 0) is 30.5 Å². The van der Waals surface area contributed by atoms with Gasteiger partial charge in [-0.2, -0.15) is 9.61 Å². The summed E-state index contributed by atoms with van der Waals surface area (Å²) in [6.45, 7) is 1.16. The summed E-state index contributed by atoms with van der Waals surface area (Å²) in [5, 5.41) is 4.28. The second-order valence-corrected chi connectivity index (χ2v) is 8.34. The quantitative estimate of drug-likeness (QED) is 0.627. The van der Waals surface area contributed by atoms with Gasteiger partial charge in [0.05, 0.1) is 12.2 Å². The number of carbonyl (C=O) groups excluding carboxylic acids is 1. The van der Waals surface area contributed by atoms with Gasteiger partial charge in [-0.3, -0.25) is 4.79 Å². The molecule has 2 aromatic heterocycles. The van der Waals surface area contributed by atoms with Gasteiger partial charge in [0.2, 0.25) is 5.95 Å². The zero-order valence-electron chi connectivity index (χ0n) is 16.6. The zero-order chi connectivity index (χ0) is 21.2. The lowest BCUT2D eigenvalue weighted by Gasteiger charge is -2.37. The largest absolute Gasteiger partial charge is 0.342 e. The van der Waals surface area contributed by atoms with Crippen LogP contribution in [0.15, 0.2) is 36.8 Å². The van der Waals surface area contributed by atoms with Gasteiger partial charge in [-0.25, -0.2) is 18.7 Å². The van der Waals surface area contributed by atoms with Gasteiger partial charge in [0.1, 0.15) is 24.2 Å². The summed E-state index contributed by atoms with van der Waals surface area (Å²) in [5.41, 5.74) is 0.292. The molecule has 0 bridgehead atoms. The molecule has 0 radical (unpaired) electrons. The Hall–Kier alpha value is -3.14. The summed E-state index contributed by atoms with van der Waals surface area (Å²) in [5.74, 6) is -0.673. The number of aromatic nitrogens is 4. The first-order chi connectivity index (χ1) is 15.0. The molecule has 0 unspecified atom stereocenters. The van der Waals surface area contributed by atoms with E-state index < -0.39 is 17.2 Å². The minimum Gasteiger partial charge on any atom is -0.342 e. The highest BCUT2D eigenvalue weighted by Gasteiger charge is 2.58. The van der Waals surface area contributed by atoms with Crippen molar-refractivity contribution in [3.63, 3.8) is 0 Å². The molecule has 8 nitrogen and oxygen atoms in total. The van der Waals surface area contributed by atoms with Gasteiger partial charge in [0.25, 0.3) is 5.91 Å². The maximum Gasteiger partial charge on any atom is 0.257 e. The van der Waals surface area contributed by atoms with Crippen LogP contribution in [0, 0.1) is 11.6 Å². The molecule has 3 aliphatic rings. The maximum absolute atomic E-state index is 13.8. The molecule has 1 spiro atoms. The number of ether oxygens (including phenoxy) is 1. The number of hydrogen-bond acceptors (Lipinski definition) is 6. The highest BCUT2D eigenvalue weighted by atomic mass is 19.1. The number of anilines is 1. The molecule has 0 saturated carbocycles. The molecule has 31 heavy (non-hydrogen) atoms. The van der Waals surface area contributed by atoms with E-state index in [9.17, 15) is 13.6 Å². The molecule has 0 aliphatic carbocycles. The Bertz CT molecular complexity index is 1160. The molecule has 6 rings (SSSR count). The topological polar surface area (TPSA) is 75.9 Å². The standard InChI is InChI=1S/C21H20F2N6O2/c22-14-9-13(10-15(23)11-14)16-1-2-18-28(16)19(30)21(31-18)4-7-27(8-5-21)20-25-12-24-17-3-6-26-29(17)20/h3,6,9-12,16,18H,1-2,4-5,7-8H2/t16-,18+/m0/s1. The van der Waals surface area contributed by atoms with E-state index in [2.05, 4.69) is 20.0 Å². The monoisotopic (exact) mass is 426 g/mol. The SMILES string of the molecule is O=C1N2[C@@H](CC[C@H]2c2cc(F)cc(F)c2)OC12CCN(c1ncnc3ccnn13)CC2. The first kappa shape index (κ1) is 18.6. The molecule has 10 heteroatoms. The summed E-state index contributed by atoms with van der Waals surface area (Å²) in [6, 6.07) is 4.90.